The number of nitrogens with one attached hydrogen (secondary N) is 1. The topological polar surface area (TPSA) is 69.7 Å². The molecule has 0 saturated carbocycles. The first-order valence-electron chi connectivity index (χ1n) is 9.07. The smallest absolute Gasteiger partial charge is 0.252 e. The molecule has 1 N–H and O–H groups in total. The minimum atomic E-state index is -3.39. The molecule has 3 heterocycles. The molecule has 0 spiro atoms. The van der Waals surface area contributed by atoms with Gasteiger partial charge in [0.15, 0.2) is 0 Å². The lowest BCUT2D eigenvalue weighted by molar-refractivity contribution is -0.126. The van der Waals surface area contributed by atoms with Crippen LogP contribution in [0.5, 0.6) is 0 Å². The fourth-order valence-corrected chi connectivity index (χ4v) is 6.42. The molecule has 2 fully saturated rings. The molecule has 6 nitrogen and oxygen atoms in total. The maximum absolute atomic E-state index is 12.5. The zero-order valence-corrected chi connectivity index (χ0v) is 16.3. The van der Waals surface area contributed by atoms with E-state index in [1.807, 2.05) is 0 Å². The highest BCUT2D eigenvalue weighted by atomic mass is 32.2. The average molecular weight is 386 g/mol. The SMILES string of the molecule is CCN1CCC[C@@H]1CNC(=O)C1CCN(S(=O)(=O)c2cccs2)CC1. The van der Waals surface area contributed by atoms with Crippen molar-refractivity contribution in [2.45, 2.75) is 42.9 Å². The first-order chi connectivity index (χ1) is 12.0. The third-order valence-electron chi connectivity index (χ3n) is 5.33. The van der Waals surface area contributed by atoms with Gasteiger partial charge in [-0.1, -0.05) is 13.0 Å². The second-order valence-corrected chi connectivity index (χ2v) is 9.89. The number of hydrogen-bond donors (Lipinski definition) is 1. The Kier molecular flexibility index (Phi) is 6.14. The van der Waals surface area contributed by atoms with Crippen LogP contribution in [0.2, 0.25) is 0 Å². The predicted octanol–water partition coefficient (Wildman–Crippen LogP) is 1.75. The number of carbonyl (C=O) groups is 1. The molecule has 1 amide bonds. The Bertz CT molecular complexity index is 667. The van der Waals surface area contributed by atoms with Crippen molar-refractivity contribution in [1.82, 2.24) is 14.5 Å². The van der Waals surface area contributed by atoms with Crippen molar-refractivity contribution in [2.24, 2.45) is 5.92 Å². The highest BCUT2D eigenvalue weighted by molar-refractivity contribution is 7.91. The highest BCUT2D eigenvalue weighted by Crippen LogP contribution is 2.26. The van der Waals surface area contributed by atoms with E-state index >= 15 is 0 Å². The number of hydrogen-bond acceptors (Lipinski definition) is 5. The maximum Gasteiger partial charge on any atom is 0.252 e. The summed E-state index contributed by atoms with van der Waals surface area (Å²) in [5.41, 5.74) is 0. The third-order valence-corrected chi connectivity index (χ3v) is 8.60. The molecule has 0 radical (unpaired) electrons. The Morgan fingerprint density at radius 2 is 2.04 bits per heavy atom. The lowest BCUT2D eigenvalue weighted by atomic mass is 9.97. The number of nitrogens with zero attached hydrogens (tertiary/aromatic N) is 2. The summed E-state index contributed by atoms with van der Waals surface area (Å²) in [6, 6.07) is 3.84. The Hall–Kier alpha value is -0.960. The summed E-state index contributed by atoms with van der Waals surface area (Å²) in [7, 11) is -3.39. The normalized spacial score (nSPS) is 23.8. The lowest BCUT2D eigenvalue weighted by Crippen LogP contribution is -2.45. The summed E-state index contributed by atoms with van der Waals surface area (Å²) in [5, 5.41) is 4.87. The van der Waals surface area contributed by atoms with Crippen LogP contribution in [0.4, 0.5) is 0 Å². The van der Waals surface area contributed by atoms with E-state index in [-0.39, 0.29) is 11.8 Å². The van der Waals surface area contributed by atoms with E-state index in [4.69, 9.17) is 0 Å². The molecule has 3 rings (SSSR count). The number of thiophene rings is 1. The van der Waals surface area contributed by atoms with Gasteiger partial charge in [-0.2, -0.15) is 4.31 Å². The molecule has 0 bridgehead atoms. The maximum atomic E-state index is 12.5. The zero-order chi connectivity index (χ0) is 17.9. The number of sulfonamides is 1. The highest BCUT2D eigenvalue weighted by Gasteiger charge is 2.33. The van der Waals surface area contributed by atoms with Gasteiger partial charge in [0, 0.05) is 31.6 Å². The van der Waals surface area contributed by atoms with Crippen molar-refractivity contribution in [3.8, 4) is 0 Å². The molecule has 0 aromatic carbocycles. The molecule has 2 aliphatic heterocycles. The van der Waals surface area contributed by atoms with Crippen LogP contribution in [-0.4, -0.2) is 62.3 Å². The van der Waals surface area contributed by atoms with Crippen molar-refractivity contribution in [2.75, 3.05) is 32.7 Å². The van der Waals surface area contributed by atoms with Crippen molar-refractivity contribution in [3.05, 3.63) is 17.5 Å². The van der Waals surface area contributed by atoms with E-state index < -0.39 is 10.0 Å². The molecule has 1 aromatic rings. The van der Waals surface area contributed by atoms with Gasteiger partial charge in [-0.25, -0.2) is 8.42 Å². The molecule has 0 unspecified atom stereocenters. The molecule has 1 aromatic heterocycles. The van der Waals surface area contributed by atoms with Gasteiger partial charge in [-0.3, -0.25) is 9.69 Å². The monoisotopic (exact) mass is 385 g/mol. The largest absolute Gasteiger partial charge is 0.354 e. The number of amides is 1. The van der Waals surface area contributed by atoms with E-state index in [9.17, 15) is 13.2 Å². The van der Waals surface area contributed by atoms with E-state index in [1.54, 1.807) is 17.5 Å². The van der Waals surface area contributed by atoms with Gasteiger partial charge < -0.3 is 5.32 Å². The Labute approximate surface area is 154 Å². The zero-order valence-electron chi connectivity index (χ0n) is 14.7. The van der Waals surface area contributed by atoms with Gasteiger partial charge in [-0.05, 0) is 50.2 Å². The standard InChI is InChI=1S/C17H27N3O3S2/c1-2-19-9-3-5-15(19)13-18-17(21)14-7-10-20(11-8-14)25(22,23)16-6-4-12-24-16/h4,6,12,14-15H,2-3,5,7-11,13H2,1H3,(H,18,21)/t15-/m1/s1. The fraction of sp³-hybridized carbons (Fsp3) is 0.706. The number of likely N-dealkylation sites (tertiary alicyclic amines) is 1. The summed E-state index contributed by atoms with van der Waals surface area (Å²) in [6.07, 6.45) is 3.54. The van der Waals surface area contributed by atoms with Crippen molar-refractivity contribution in [1.29, 1.82) is 0 Å². The fourth-order valence-electron chi connectivity index (χ4n) is 3.80. The van der Waals surface area contributed by atoms with E-state index in [1.165, 1.54) is 22.1 Å². The van der Waals surface area contributed by atoms with Crippen LogP contribution in [0.1, 0.15) is 32.6 Å². The molecule has 25 heavy (non-hydrogen) atoms. The molecule has 140 valence electrons. The van der Waals surface area contributed by atoms with Gasteiger partial charge in [0.05, 0.1) is 0 Å². The minimum Gasteiger partial charge on any atom is -0.354 e. The van der Waals surface area contributed by atoms with Crippen LogP contribution in [0, 0.1) is 5.92 Å². The summed E-state index contributed by atoms with van der Waals surface area (Å²) in [5.74, 6) is 0.00221. The van der Waals surface area contributed by atoms with Crippen LogP contribution in [0.25, 0.3) is 0 Å². The third kappa shape index (κ3) is 4.24. The number of piperidine rings is 1. The van der Waals surface area contributed by atoms with Gasteiger partial charge in [-0.15, -0.1) is 11.3 Å². The first kappa shape index (κ1) is 18.8. The van der Waals surface area contributed by atoms with Crippen LogP contribution in [0.15, 0.2) is 21.7 Å². The molecular formula is C17H27N3O3S2. The van der Waals surface area contributed by atoms with Gasteiger partial charge >= 0.3 is 0 Å². The Balaban J connectivity index is 1.48. The Morgan fingerprint density at radius 1 is 1.28 bits per heavy atom. The summed E-state index contributed by atoms with van der Waals surface area (Å²) in [6.45, 7) is 5.85. The molecule has 2 saturated heterocycles. The Morgan fingerprint density at radius 3 is 2.68 bits per heavy atom. The predicted molar refractivity (Wildman–Crippen MR) is 99.1 cm³/mol. The molecular weight excluding hydrogens is 358 g/mol. The molecule has 0 aliphatic carbocycles. The van der Waals surface area contributed by atoms with Crippen molar-refractivity contribution >= 4 is 27.3 Å². The second kappa shape index (κ2) is 8.16. The van der Waals surface area contributed by atoms with Gasteiger partial charge in [0.25, 0.3) is 10.0 Å². The molecule has 2 aliphatic rings. The van der Waals surface area contributed by atoms with Crippen LogP contribution < -0.4 is 5.32 Å². The first-order valence-corrected chi connectivity index (χ1v) is 11.4. The van der Waals surface area contributed by atoms with E-state index in [0.717, 1.165) is 19.5 Å². The number of likely N-dealkylation sites (N-methyl/N-ethyl adjacent to an activating group) is 1. The number of rotatable bonds is 6. The van der Waals surface area contributed by atoms with Crippen molar-refractivity contribution < 1.29 is 13.2 Å². The summed E-state index contributed by atoms with van der Waals surface area (Å²) in [4.78, 5) is 14.9. The number of carbonyl (C=O) groups excluding carboxylic acids is 1. The van der Waals surface area contributed by atoms with Gasteiger partial charge in [0.1, 0.15) is 4.21 Å². The van der Waals surface area contributed by atoms with E-state index in [2.05, 4.69) is 17.1 Å². The van der Waals surface area contributed by atoms with Crippen LogP contribution >= 0.6 is 11.3 Å². The lowest BCUT2D eigenvalue weighted by Gasteiger charge is -2.30. The minimum absolute atomic E-state index is 0.0775. The molecule has 8 heteroatoms. The second-order valence-electron chi connectivity index (χ2n) is 6.78. The average Bonchev–Trinajstić information content (AvgIpc) is 3.31. The van der Waals surface area contributed by atoms with Gasteiger partial charge in [0.2, 0.25) is 5.91 Å². The van der Waals surface area contributed by atoms with Crippen LogP contribution in [0.3, 0.4) is 0 Å². The summed E-state index contributed by atoms with van der Waals surface area (Å²) < 4.78 is 26.9. The van der Waals surface area contributed by atoms with Crippen LogP contribution in [-0.2, 0) is 14.8 Å². The molecule has 1 atom stereocenters. The van der Waals surface area contributed by atoms with E-state index in [0.29, 0.717) is 42.7 Å². The van der Waals surface area contributed by atoms with Crippen molar-refractivity contribution in [3.63, 3.8) is 0 Å². The summed E-state index contributed by atoms with van der Waals surface area (Å²) >= 11 is 1.24. The quantitative estimate of drug-likeness (QED) is 0.810.